The van der Waals surface area contributed by atoms with Crippen LogP contribution in [0.15, 0.2) is 43.0 Å². The van der Waals surface area contributed by atoms with Crippen molar-refractivity contribution < 1.29 is 9.90 Å². The molecule has 1 N–H and O–H groups in total. The number of nitriles is 1. The third-order valence-corrected chi connectivity index (χ3v) is 3.92. The molecule has 0 radical (unpaired) electrons. The second-order valence-electron chi connectivity index (χ2n) is 5.54. The fourth-order valence-electron chi connectivity index (χ4n) is 2.78. The number of rotatable bonds is 6. The number of aliphatic hydroxyl groups excluding tert-OH is 1. The highest BCUT2D eigenvalue weighted by Gasteiger charge is 2.21. The predicted octanol–water partition coefficient (Wildman–Crippen LogP) is 2.59. The SMILES string of the molecule is C=CCN(CCO)C(=O)c1cc(C)n(-c2ccc(C#N)cc2)c1C. The van der Waals surface area contributed by atoms with Crippen LogP contribution in [0.2, 0.25) is 0 Å². The third kappa shape index (κ3) is 3.39. The van der Waals surface area contributed by atoms with Crippen molar-refractivity contribution >= 4 is 5.91 Å². The molecule has 0 atom stereocenters. The van der Waals surface area contributed by atoms with Gasteiger partial charge in [0.15, 0.2) is 0 Å². The van der Waals surface area contributed by atoms with Crippen LogP contribution < -0.4 is 0 Å². The number of hydrogen-bond donors (Lipinski definition) is 1. The van der Waals surface area contributed by atoms with Gasteiger partial charge in [0, 0.05) is 30.2 Å². The van der Waals surface area contributed by atoms with E-state index in [9.17, 15) is 4.79 Å². The number of aryl methyl sites for hydroxylation is 1. The molecular formula is C19H21N3O2. The van der Waals surface area contributed by atoms with Crippen molar-refractivity contribution in [3.63, 3.8) is 0 Å². The topological polar surface area (TPSA) is 69.3 Å². The lowest BCUT2D eigenvalue weighted by Crippen LogP contribution is -2.34. The van der Waals surface area contributed by atoms with Crippen LogP contribution in [0.3, 0.4) is 0 Å². The number of carbonyl (C=O) groups is 1. The van der Waals surface area contributed by atoms with E-state index in [0.717, 1.165) is 17.1 Å². The van der Waals surface area contributed by atoms with Crippen molar-refractivity contribution in [2.45, 2.75) is 13.8 Å². The zero-order chi connectivity index (χ0) is 17.7. The summed E-state index contributed by atoms with van der Waals surface area (Å²) in [5, 5.41) is 18.1. The molecule has 0 aliphatic rings. The van der Waals surface area contributed by atoms with Crippen molar-refractivity contribution in [1.82, 2.24) is 9.47 Å². The highest BCUT2D eigenvalue weighted by molar-refractivity contribution is 5.96. The molecule has 5 heteroatoms. The van der Waals surface area contributed by atoms with Crippen LogP contribution in [0.1, 0.15) is 27.3 Å². The Kier molecular flexibility index (Phi) is 5.56. The minimum absolute atomic E-state index is 0.0893. The summed E-state index contributed by atoms with van der Waals surface area (Å²) in [7, 11) is 0. The number of amides is 1. The van der Waals surface area contributed by atoms with Gasteiger partial charge in [-0.2, -0.15) is 5.26 Å². The van der Waals surface area contributed by atoms with Gasteiger partial charge in [-0.3, -0.25) is 4.79 Å². The summed E-state index contributed by atoms with van der Waals surface area (Å²) < 4.78 is 1.99. The minimum Gasteiger partial charge on any atom is -0.395 e. The molecule has 1 heterocycles. The van der Waals surface area contributed by atoms with Crippen LogP contribution in [-0.2, 0) is 0 Å². The number of nitrogens with zero attached hydrogens (tertiary/aromatic N) is 3. The first-order valence-electron chi connectivity index (χ1n) is 7.74. The Morgan fingerprint density at radius 1 is 1.38 bits per heavy atom. The Morgan fingerprint density at radius 2 is 2.04 bits per heavy atom. The Bertz CT molecular complexity index is 782. The Labute approximate surface area is 142 Å². The van der Waals surface area contributed by atoms with E-state index in [0.29, 0.717) is 17.7 Å². The zero-order valence-corrected chi connectivity index (χ0v) is 14.0. The molecule has 0 saturated heterocycles. The monoisotopic (exact) mass is 323 g/mol. The highest BCUT2D eigenvalue weighted by atomic mass is 16.3. The smallest absolute Gasteiger partial charge is 0.256 e. The second kappa shape index (κ2) is 7.62. The maximum atomic E-state index is 12.8. The lowest BCUT2D eigenvalue weighted by atomic mass is 10.2. The van der Waals surface area contributed by atoms with Gasteiger partial charge in [0.05, 0.1) is 23.8 Å². The number of benzene rings is 1. The highest BCUT2D eigenvalue weighted by Crippen LogP contribution is 2.22. The molecule has 2 rings (SSSR count). The van der Waals surface area contributed by atoms with Crippen molar-refractivity contribution in [3.8, 4) is 11.8 Å². The van der Waals surface area contributed by atoms with Gasteiger partial charge < -0.3 is 14.6 Å². The van der Waals surface area contributed by atoms with Crippen molar-refractivity contribution in [2.75, 3.05) is 19.7 Å². The van der Waals surface area contributed by atoms with Crippen LogP contribution in [0.25, 0.3) is 5.69 Å². The molecule has 24 heavy (non-hydrogen) atoms. The Hall–Kier alpha value is -2.84. The fourth-order valence-corrected chi connectivity index (χ4v) is 2.78. The quantitative estimate of drug-likeness (QED) is 0.831. The number of hydrogen-bond acceptors (Lipinski definition) is 3. The van der Waals surface area contributed by atoms with E-state index in [1.807, 2.05) is 36.6 Å². The van der Waals surface area contributed by atoms with Gasteiger partial charge in [-0.15, -0.1) is 6.58 Å². The first-order chi connectivity index (χ1) is 11.5. The molecule has 2 aromatic rings. The summed E-state index contributed by atoms with van der Waals surface area (Å²) in [6, 6.07) is 11.2. The lowest BCUT2D eigenvalue weighted by Gasteiger charge is -2.20. The predicted molar refractivity (Wildman–Crippen MR) is 93.1 cm³/mol. The van der Waals surface area contributed by atoms with Gasteiger partial charge in [0.1, 0.15) is 0 Å². The lowest BCUT2D eigenvalue weighted by molar-refractivity contribution is 0.0742. The van der Waals surface area contributed by atoms with Crippen LogP contribution in [0, 0.1) is 25.2 Å². The zero-order valence-electron chi connectivity index (χ0n) is 14.0. The normalized spacial score (nSPS) is 10.2. The molecular weight excluding hydrogens is 302 g/mol. The largest absolute Gasteiger partial charge is 0.395 e. The molecule has 1 aromatic carbocycles. The second-order valence-corrected chi connectivity index (χ2v) is 5.54. The number of aromatic nitrogens is 1. The maximum Gasteiger partial charge on any atom is 0.256 e. The van der Waals surface area contributed by atoms with E-state index in [2.05, 4.69) is 12.6 Å². The van der Waals surface area contributed by atoms with Crippen molar-refractivity contribution in [2.24, 2.45) is 0 Å². The van der Waals surface area contributed by atoms with Crippen molar-refractivity contribution in [1.29, 1.82) is 5.26 Å². The Morgan fingerprint density at radius 3 is 2.58 bits per heavy atom. The van der Waals surface area contributed by atoms with Crippen LogP contribution in [-0.4, -0.2) is 40.2 Å². The van der Waals surface area contributed by atoms with E-state index in [4.69, 9.17) is 10.4 Å². The molecule has 0 saturated carbocycles. The Balaban J connectivity index is 2.42. The van der Waals surface area contributed by atoms with Gasteiger partial charge in [0.25, 0.3) is 5.91 Å². The van der Waals surface area contributed by atoms with Gasteiger partial charge >= 0.3 is 0 Å². The summed E-state index contributed by atoms with van der Waals surface area (Å²) in [6.07, 6.45) is 1.65. The minimum atomic E-state index is -0.128. The van der Waals surface area contributed by atoms with E-state index >= 15 is 0 Å². The molecule has 0 unspecified atom stereocenters. The van der Waals surface area contributed by atoms with Crippen LogP contribution >= 0.6 is 0 Å². The average Bonchev–Trinajstić information content (AvgIpc) is 2.88. The van der Waals surface area contributed by atoms with Crippen LogP contribution in [0.5, 0.6) is 0 Å². The molecule has 5 nitrogen and oxygen atoms in total. The third-order valence-electron chi connectivity index (χ3n) is 3.92. The summed E-state index contributed by atoms with van der Waals surface area (Å²) in [5.41, 5.74) is 3.86. The first kappa shape index (κ1) is 17.5. The van der Waals surface area contributed by atoms with E-state index in [1.165, 1.54) is 0 Å². The maximum absolute atomic E-state index is 12.8. The molecule has 0 aliphatic carbocycles. The summed E-state index contributed by atoms with van der Waals surface area (Å²) >= 11 is 0. The molecule has 0 aliphatic heterocycles. The van der Waals surface area contributed by atoms with E-state index in [1.54, 1.807) is 23.1 Å². The van der Waals surface area contributed by atoms with Gasteiger partial charge in [-0.05, 0) is 44.2 Å². The van der Waals surface area contributed by atoms with E-state index < -0.39 is 0 Å². The first-order valence-corrected chi connectivity index (χ1v) is 7.74. The van der Waals surface area contributed by atoms with Gasteiger partial charge in [-0.25, -0.2) is 0 Å². The van der Waals surface area contributed by atoms with Gasteiger partial charge in [0.2, 0.25) is 0 Å². The van der Waals surface area contributed by atoms with Crippen molar-refractivity contribution in [3.05, 3.63) is 65.5 Å². The standard InChI is InChI=1S/C19H21N3O2/c1-4-9-21(10-11-23)19(24)18-12-14(2)22(15(18)3)17-7-5-16(13-20)6-8-17/h4-8,12,23H,1,9-11H2,2-3H3. The molecule has 0 bridgehead atoms. The van der Waals surface area contributed by atoms with E-state index in [-0.39, 0.29) is 19.1 Å². The average molecular weight is 323 g/mol. The fraction of sp³-hybridized carbons (Fsp3) is 0.263. The molecule has 1 amide bonds. The van der Waals surface area contributed by atoms with Gasteiger partial charge in [-0.1, -0.05) is 6.08 Å². The molecule has 1 aromatic heterocycles. The molecule has 0 fully saturated rings. The van der Waals surface area contributed by atoms with Crippen LogP contribution in [0.4, 0.5) is 0 Å². The summed E-state index contributed by atoms with van der Waals surface area (Å²) in [6.45, 7) is 8.06. The number of aliphatic hydroxyl groups is 1. The molecule has 0 spiro atoms. The number of carbonyl (C=O) groups excluding carboxylic acids is 1. The summed E-state index contributed by atoms with van der Waals surface area (Å²) in [5.74, 6) is -0.128. The summed E-state index contributed by atoms with van der Waals surface area (Å²) in [4.78, 5) is 14.3. The molecule has 124 valence electrons.